The van der Waals surface area contributed by atoms with Crippen LogP contribution in [-0.4, -0.2) is 7.05 Å². The van der Waals surface area contributed by atoms with Crippen LogP contribution in [0.25, 0.3) is 11.0 Å². The van der Waals surface area contributed by atoms with Crippen molar-refractivity contribution in [2.45, 2.75) is 13.8 Å². The minimum absolute atomic E-state index is 0.928. The molecule has 0 unspecified atom stereocenters. The van der Waals surface area contributed by atoms with Gasteiger partial charge in [0.15, 0.2) is 0 Å². The largest absolute Gasteiger partial charge is 0.464 e. The Bertz CT molecular complexity index is 365. The molecule has 0 aliphatic carbocycles. The lowest BCUT2D eigenvalue weighted by atomic mass is 10.2. The number of rotatable bonds is 1. The van der Waals surface area contributed by atoms with Crippen LogP contribution in [-0.2, 0) is 0 Å². The summed E-state index contributed by atoms with van der Waals surface area (Å²) in [6.45, 7) is 4.00. The van der Waals surface area contributed by atoms with Gasteiger partial charge in [-0.05, 0) is 18.2 Å². The Kier molecular flexibility index (Phi) is 3.38. The third kappa shape index (κ3) is 2.02. The molecule has 1 N–H and O–H groups in total. The molecule has 1 heterocycles. The van der Waals surface area contributed by atoms with E-state index < -0.39 is 0 Å². The Hall–Kier alpha value is -1.44. The summed E-state index contributed by atoms with van der Waals surface area (Å²) < 4.78 is 5.22. The fourth-order valence-electron chi connectivity index (χ4n) is 1.11. The third-order valence-electron chi connectivity index (χ3n) is 1.74. The van der Waals surface area contributed by atoms with Crippen molar-refractivity contribution >= 4 is 16.7 Å². The monoisotopic (exact) mass is 177 g/mol. The SMILES string of the molecule is CC.CNc1ccc2ccoc2c1. The second kappa shape index (κ2) is 4.55. The van der Waals surface area contributed by atoms with E-state index in [-0.39, 0.29) is 0 Å². The lowest BCUT2D eigenvalue weighted by Crippen LogP contribution is -1.85. The molecule has 70 valence electrons. The van der Waals surface area contributed by atoms with Crippen LogP contribution in [0.2, 0.25) is 0 Å². The molecule has 0 amide bonds. The molecule has 0 bridgehead atoms. The van der Waals surface area contributed by atoms with E-state index in [1.807, 2.05) is 45.2 Å². The van der Waals surface area contributed by atoms with E-state index in [0.717, 1.165) is 16.7 Å². The van der Waals surface area contributed by atoms with E-state index >= 15 is 0 Å². The molecule has 0 saturated carbocycles. The quantitative estimate of drug-likeness (QED) is 0.721. The number of furan rings is 1. The van der Waals surface area contributed by atoms with Crippen LogP contribution in [0.1, 0.15) is 13.8 Å². The average molecular weight is 177 g/mol. The predicted molar refractivity (Wildman–Crippen MR) is 57.1 cm³/mol. The second-order valence-corrected chi connectivity index (χ2v) is 2.42. The van der Waals surface area contributed by atoms with Crippen LogP contribution in [0, 0.1) is 0 Å². The molecule has 0 saturated heterocycles. The number of anilines is 1. The van der Waals surface area contributed by atoms with Gasteiger partial charge in [-0.15, -0.1) is 0 Å². The summed E-state index contributed by atoms with van der Waals surface area (Å²) in [6, 6.07) is 7.99. The molecule has 0 fully saturated rings. The number of benzene rings is 1. The highest BCUT2D eigenvalue weighted by molar-refractivity contribution is 5.80. The summed E-state index contributed by atoms with van der Waals surface area (Å²) in [5.41, 5.74) is 2.00. The Balaban J connectivity index is 0.000000396. The van der Waals surface area contributed by atoms with Gasteiger partial charge in [-0.25, -0.2) is 0 Å². The van der Waals surface area contributed by atoms with Crippen molar-refractivity contribution in [3.8, 4) is 0 Å². The molecule has 1 aromatic carbocycles. The van der Waals surface area contributed by atoms with Crippen LogP contribution < -0.4 is 5.32 Å². The Morgan fingerprint density at radius 3 is 2.62 bits per heavy atom. The van der Waals surface area contributed by atoms with E-state index in [2.05, 4.69) is 5.32 Å². The van der Waals surface area contributed by atoms with Gasteiger partial charge in [-0.3, -0.25) is 0 Å². The molecule has 2 aromatic rings. The molecule has 0 atom stereocenters. The van der Waals surface area contributed by atoms with E-state index in [4.69, 9.17) is 4.42 Å². The van der Waals surface area contributed by atoms with Crippen molar-refractivity contribution in [1.82, 2.24) is 0 Å². The average Bonchev–Trinajstić information content (AvgIpc) is 2.67. The van der Waals surface area contributed by atoms with E-state index in [0.29, 0.717) is 0 Å². The van der Waals surface area contributed by atoms with Gasteiger partial charge >= 0.3 is 0 Å². The highest BCUT2D eigenvalue weighted by atomic mass is 16.3. The molecule has 0 radical (unpaired) electrons. The zero-order valence-electron chi connectivity index (χ0n) is 8.29. The van der Waals surface area contributed by atoms with Crippen molar-refractivity contribution in [2.75, 3.05) is 12.4 Å². The topological polar surface area (TPSA) is 25.2 Å². The summed E-state index contributed by atoms with van der Waals surface area (Å²) in [6.07, 6.45) is 1.70. The molecular weight excluding hydrogens is 162 g/mol. The van der Waals surface area contributed by atoms with Crippen molar-refractivity contribution < 1.29 is 4.42 Å². The summed E-state index contributed by atoms with van der Waals surface area (Å²) >= 11 is 0. The fraction of sp³-hybridized carbons (Fsp3) is 0.273. The minimum Gasteiger partial charge on any atom is -0.464 e. The summed E-state index contributed by atoms with van der Waals surface area (Å²) in [5, 5.41) is 4.19. The molecule has 0 aliphatic heterocycles. The number of nitrogens with one attached hydrogen (secondary N) is 1. The van der Waals surface area contributed by atoms with Crippen LogP contribution in [0.5, 0.6) is 0 Å². The first-order chi connectivity index (χ1) is 6.40. The number of hydrogen-bond donors (Lipinski definition) is 1. The zero-order valence-corrected chi connectivity index (χ0v) is 8.29. The maximum Gasteiger partial charge on any atom is 0.135 e. The molecule has 0 aliphatic rings. The Morgan fingerprint density at radius 2 is 1.92 bits per heavy atom. The standard InChI is InChI=1S/C9H9NO.C2H6/c1-10-8-3-2-7-4-5-11-9(7)6-8;1-2/h2-6,10H,1H3;1-2H3. The van der Waals surface area contributed by atoms with E-state index in [1.54, 1.807) is 6.26 Å². The number of fused-ring (bicyclic) bond motifs is 1. The van der Waals surface area contributed by atoms with Gasteiger partial charge in [0.1, 0.15) is 5.58 Å². The van der Waals surface area contributed by atoms with Gasteiger partial charge < -0.3 is 9.73 Å². The van der Waals surface area contributed by atoms with Gasteiger partial charge in [-0.2, -0.15) is 0 Å². The molecule has 1 aromatic heterocycles. The lowest BCUT2D eigenvalue weighted by Gasteiger charge is -1.96. The van der Waals surface area contributed by atoms with Crippen LogP contribution in [0.3, 0.4) is 0 Å². The fourth-order valence-corrected chi connectivity index (χ4v) is 1.11. The van der Waals surface area contributed by atoms with Crippen molar-refractivity contribution in [3.05, 3.63) is 30.5 Å². The van der Waals surface area contributed by atoms with Crippen molar-refractivity contribution in [1.29, 1.82) is 0 Å². The van der Waals surface area contributed by atoms with Gasteiger partial charge in [0.05, 0.1) is 6.26 Å². The van der Waals surface area contributed by atoms with Gasteiger partial charge in [0, 0.05) is 24.2 Å². The summed E-state index contributed by atoms with van der Waals surface area (Å²) in [4.78, 5) is 0. The zero-order chi connectivity index (χ0) is 9.68. The smallest absolute Gasteiger partial charge is 0.135 e. The van der Waals surface area contributed by atoms with Crippen LogP contribution >= 0.6 is 0 Å². The summed E-state index contributed by atoms with van der Waals surface area (Å²) in [7, 11) is 1.89. The maximum absolute atomic E-state index is 5.22. The predicted octanol–water partition coefficient (Wildman–Crippen LogP) is 3.50. The van der Waals surface area contributed by atoms with Crippen LogP contribution in [0.15, 0.2) is 34.9 Å². The first-order valence-electron chi connectivity index (χ1n) is 4.55. The summed E-state index contributed by atoms with van der Waals surface area (Å²) in [5.74, 6) is 0. The van der Waals surface area contributed by atoms with Gasteiger partial charge in [-0.1, -0.05) is 13.8 Å². The lowest BCUT2D eigenvalue weighted by molar-refractivity contribution is 0.616. The highest BCUT2D eigenvalue weighted by Gasteiger charge is 1.95. The number of hydrogen-bond acceptors (Lipinski definition) is 2. The Labute approximate surface area is 78.6 Å². The molecule has 2 rings (SSSR count). The first kappa shape index (κ1) is 9.65. The second-order valence-electron chi connectivity index (χ2n) is 2.42. The normalized spacial score (nSPS) is 9.15. The van der Waals surface area contributed by atoms with Crippen molar-refractivity contribution in [3.63, 3.8) is 0 Å². The van der Waals surface area contributed by atoms with Gasteiger partial charge in [0.2, 0.25) is 0 Å². The van der Waals surface area contributed by atoms with E-state index in [9.17, 15) is 0 Å². The third-order valence-corrected chi connectivity index (χ3v) is 1.74. The molecule has 2 nitrogen and oxygen atoms in total. The van der Waals surface area contributed by atoms with Crippen LogP contribution in [0.4, 0.5) is 5.69 Å². The molecule has 13 heavy (non-hydrogen) atoms. The van der Waals surface area contributed by atoms with E-state index in [1.165, 1.54) is 0 Å². The maximum atomic E-state index is 5.22. The Morgan fingerprint density at radius 1 is 1.15 bits per heavy atom. The molecule has 2 heteroatoms. The van der Waals surface area contributed by atoms with Gasteiger partial charge in [0.25, 0.3) is 0 Å². The molecular formula is C11H15NO. The highest BCUT2D eigenvalue weighted by Crippen LogP contribution is 2.19. The first-order valence-corrected chi connectivity index (χ1v) is 4.55. The molecule has 0 spiro atoms. The minimum atomic E-state index is 0.928. The van der Waals surface area contributed by atoms with Crippen molar-refractivity contribution in [2.24, 2.45) is 0 Å².